The molecule has 0 radical (unpaired) electrons. The predicted molar refractivity (Wildman–Crippen MR) is 76.4 cm³/mol. The lowest BCUT2D eigenvalue weighted by molar-refractivity contribution is -0.142. The van der Waals surface area contributed by atoms with E-state index in [4.69, 9.17) is 5.73 Å². The minimum absolute atomic E-state index is 0.0615. The minimum atomic E-state index is -0.832. The van der Waals surface area contributed by atoms with Gasteiger partial charge in [-0.3, -0.25) is 9.59 Å². The zero-order valence-corrected chi connectivity index (χ0v) is 12.0. The molecule has 0 aliphatic rings. The smallest absolute Gasteiger partial charge is 0.308 e. The number of amides is 1. The number of carbonyl (C=O) groups is 2. The van der Waals surface area contributed by atoms with E-state index in [2.05, 4.69) is 10.3 Å². The molecule has 1 aromatic rings. The van der Waals surface area contributed by atoms with Gasteiger partial charge in [-0.2, -0.15) is 0 Å². The van der Waals surface area contributed by atoms with Gasteiger partial charge in [0.1, 0.15) is 5.82 Å². The summed E-state index contributed by atoms with van der Waals surface area (Å²) in [5, 5.41) is 12.2. The Kier molecular flexibility index (Phi) is 5.07. The van der Waals surface area contributed by atoms with Crippen LogP contribution in [0.4, 0.5) is 5.82 Å². The molecule has 0 aliphatic heterocycles. The van der Waals surface area contributed by atoms with Gasteiger partial charge in [0.2, 0.25) is 5.91 Å². The Morgan fingerprint density at radius 2 is 2.05 bits per heavy atom. The Morgan fingerprint density at radius 1 is 1.40 bits per heavy atom. The second-order valence-corrected chi connectivity index (χ2v) is 5.98. The normalized spacial score (nSPS) is 12.8. The highest BCUT2D eigenvalue weighted by Gasteiger charge is 2.24. The second-order valence-electron chi connectivity index (χ2n) is 5.98. The average Bonchev–Trinajstić information content (AvgIpc) is 2.33. The molecule has 1 amide bonds. The van der Waals surface area contributed by atoms with Crippen LogP contribution in [0, 0.1) is 11.3 Å². The van der Waals surface area contributed by atoms with E-state index in [0.717, 1.165) is 0 Å². The molecule has 1 rings (SSSR count). The molecule has 1 atom stereocenters. The van der Waals surface area contributed by atoms with Crippen LogP contribution in [0.25, 0.3) is 0 Å². The topological polar surface area (TPSA) is 105 Å². The van der Waals surface area contributed by atoms with Gasteiger partial charge in [0, 0.05) is 12.7 Å². The Balaban J connectivity index is 2.63. The van der Waals surface area contributed by atoms with Crippen molar-refractivity contribution in [3.63, 3.8) is 0 Å². The van der Waals surface area contributed by atoms with Crippen LogP contribution in [0.1, 0.15) is 37.6 Å². The number of nitrogens with zero attached hydrogens (tertiary/aromatic N) is 1. The fourth-order valence-electron chi connectivity index (χ4n) is 1.86. The van der Waals surface area contributed by atoms with E-state index >= 15 is 0 Å². The monoisotopic (exact) mass is 279 g/mol. The summed E-state index contributed by atoms with van der Waals surface area (Å²) in [6.07, 6.45) is 1.93. The number of nitrogens with one attached hydrogen (secondary N) is 1. The first-order valence-corrected chi connectivity index (χ1v) is 6.41. The summed E-state index contributed by atoms with van der Waals surface area (Å²) >= 11 is 0. The van der Waals surface area contributed by atoms with Crippen LogP contribution < -0.4 is 11.1 Å². The molecular weight excluding hydrogens is 258 g/mol. The average molecular weight is 279 g/mol. The number of nitrogens with two attached hydrogens (primary N) is 1. The van der Waals surface area contributed by atoms with Crippen LogP contribution in [-0.2, 0) is 4.79 Å². The summed E-state index contributed by atoms with van der Waals surface area (Å²) in [6.45, 7) is 6.30. The van der Waals surface area contributed by atoms with Gasteiger partial charge in [-0.25, -0.2) is 4.98 Å². The van der Waals surface area contributed by atoms with Crippen LogP contribution in [-0.4, -0.2) is 28.5 Å². The maximum Gasteiger partial charge on any atom is 0.308 e. The molecule has 1 aromatic heterocycles. The van der Waals surface area contributed by atoms with Crippen LogP contribution in [0.2, 0.25) is 0 Å². The third-order valence-corrected chi connectivity index (χ3v) is 2.79. The predicted octanol–water partition coefficient (Wildman–Crippen LogP) is 1.73. The fraction of sp³-hybridized carbons (Fsp3) is 0.500. The summed E-state index contributed by atoms with van der Waals surface area (Å²) in [5.41, 5.74) is 5.38. The standard InChI is InChI=1S/C14H21N3O3/c1-14(2,3)6-10(13(19)20)8-17-11-5-4-9(7-16-11)12(15)18/h4-5,7,10H,6,8H2,1-3H3,(H2,15,18)(H,16,17)(H,19,20). The molecule has 0 spiro atoms. The molecule has 6 heteroatoms. The number of carbonyl (C=O) groups excluding carboxylic acids is 1. The van der Waals surface area contributed by atoms with Gasteiger partial charge in [0.05, 0.1) is 11.5 Å². The Bertz CT molecular complexity index is 477. The van der Waals surface area contributed by atoms with Crippen molar-refractivity contribution < 1.29 is 14.7 Å². The van der Waals surface area contributed by atoms with E-state index in [0.29, 0.717) is 17.8 Å². The third kappa shape index (κ3) is 5.26. The van der Waals surface area contributed by atoms with Gasteiger partial charge in [-0.05, 0) is 24.0 Å². The van der Waals surface area contributed by atoms with Gasteiger partial charge in [0.15, 0.2) is 0 Å². The van der Waals surface area contributed by atoms with Crippen LogP contribution in [0.5, 0.6) is 0 Å². The minimum Gasteiger partial charge on any atom is -0.481 e. The number of primary amides is 1. The third-order valence-electron chi connectivity index (χ3n) is 2.79. The van der Waals surface area contributed by atoms with Gasteiger partial charge < -0.3 is 16.2 Å². The summed E-state index contributed by atoms with van der Waals surface area (Å²) < 4.78 is 0. The number of carboxylic acid groups (broad SMARTS) is 1. The zero-order valence-electron chi connectivity index (χ0n) is 12.0. The molecule has 20 heavy (non-hydrogen) atoms. The lowest BCUT2D eigenvalue weighted by Crippen LogP contribution is -2.27. The largest absolute Gasteiger partial charge is 0.481 e. The summed E-state index contributed by atoms with van der Waals surface area (Å²) in [7, 11) is 0. The van der Waals surface area contributed by atoms with E-state index in [1.54, 1.807) is 12.1 Å². The first-order valence-electron chi connectivity index (χ1n) is 6.41. The van der Waals surface area contributed by atoms with Crippen molar-refractivity contribution in [2.45, 2.75) is 27.2 Å². The maximum absolute atomic E-state index is 11.2. The Labute approximate surface area is 118 Å². The second kappa shape index (κ2) is 6.36. The molecule has 0 aromatic carbocycles. The van der Waals surface area contributed by atoms with Gasteiger partial charge >= 0.3 is 5.97 Å². The van der Waals surface area contributed by atoms with Gasteiger partial charge in [0.25, 0.3) is 0 Å². The van der Waals surface area contributed by atoms with Crippen molar-refractivity contribution in [1.82, 2.24) is 4.98 Å². The molecule has 0 saturated carbocycles. The van der Waals surface area contributed by atoms with Crippen LogP contribution in [0.3, 0.4) is 0 Å². The van der Waals surface area contributed by atoms with E-state index in [-0.39, 0.29) is 12.0 Å². The van der Waals surface area contributed by atoms with Crippen molar-refractivity contribution in [2.75, 3.05) is 11.9 Å². The number of anilines is 1. The molecule has 0 bridgehead atoms. The molecule has 6 nitrogen and oxygen atoms in total. The van der Waals surface area contributed by atoms with Crippen molar-refractivity contribution in [2.24, 2.45) is 17.1 Å². The molecule has 1 heterocycles. The summed E-state index contributed by atoms with van der Waals surface area (Å²) in [4.78, 5) is 26.2. The number of hydrogen-bond acceptors (Lipinski definition) is 4. The van der Waals surface area contributed by atoms with Gasteiger partial charge in [-0.1, -0.05) is 20.8 Å². The first kappa shape index (κ1) is 15.9. The highest BCUT2D eigenvalue weighted by molar-refractivity contribution is 5.92. The number of carboxylic acids is 1. The highest BCUT2D eigenvalue weighted by Crippen LogP contribution is 2.24. The molecular formula is C14H21N3O3. The number of pyridine rings is 1. The Morgan fingerprint density at radius 3 is 2.45 bits per heavy atom. The summed E-state index contributed by atoms with van der Waals surface area (Å²) in [6, 6.07) is 3.16. The van der Waals surface area contributed by atoms with Crippen LogP contribution in [0.15, 0.2) is 18.3 Å². The molecule has 0 fully saturated rings. The van der Waals surface area contributed by atoms with E-state index < -0.39 is 17.8 Å². The number of rotatable bonds is 6. The SMILES string of the molecule is CC(C)(C)CC(CNc1ccc(C(N)=O)cn1)C(=O)O. The van der Waals surface area contributed by atoms with E-state index in [9.17, 15) is 14.7 Å². The molecule has 0 saturated heterocycles. The molecule has 4 N–H and O–H groups in total. The number of aromatic nitrogens is 1. The van der Waals surface area contributed by atoms with E-state index in [1.165, 1.54) is 6.20 Å². The molecule has 1 unspecified atom stereocenters. The van der Waals surface area contributed by atoms with Crippen molar-refractivity contribution in [3.05, 3.63) is 23.9 Å². The van der Waals surface area contributed by atoms with Crippen molar-refractivity contribution in [3.8, 4) is 0 Å². The maximum atomic E-state index is 11.2. The lowest BCUT2D eigenvalue weighted by atomic mass is 9.84. The van der Waals surface area contributed by atoms with Crippen molar-refractivity contribution in [1.29, 1.82) is 0 Å². The fourth-order valence-corrected chi connectivity index (χ4v) is 1.86. The number of aliphatic carboxylic acids is 1. The summed E-state index contributed by atoms with van der Waals surface area (Å²) in [5.74, 6) is -1.34. The van der Waals surface area contributed by atoms with Gasteiger partial charge in [-0.15, -0.1) is 0 Å². The Hall–Kier alpha value is -2.11. The number of hydrogen-bond donors (Lipinski definition) is 3. The van der Waals surface area contributed by atoms with Crippen LogP contribution >= 0.6 is 0 Å². The zero-order chi connectivity index (χ0) is 15.3. The molecule has 0 aliphatic carbocycles. The lowest BCUT2D eigenvalue weighted by Gasteiger charge is -2.23. The quantitative estimate of drug-likeness (QED) is 0.735. The van der Waals surface area contributed by atoms with E-state index in [1.807, 2.05) is 20.8 Å². The molecule has 110 valence electrons. The first-order chi connectivity index (χ1) is 9.19. The van der Waals surface area contributed by atoms with Crippen molar-refractivity contribution >= 4 is 17.7 Å². The highest BCUT2D eigenvalue weighted by atomic mass is 16.4.